The summed E-state index contributed by atoms with van der Waals surface area (Å²) in [6, 6.07) is 0.336. The maximum absolute atomic E-state index is 13.7. The number of aromatic nitrogens is 1. The molecule has 0 spiro atoms. The van der Waals surface area contributed by atoms with Crippen LogP contribution in [0.15, 0.2) is 17.8 Å². The van der Waals surface area contributed by atoms with Crippen molar-refractivity contribution in [2.75, 3.05) is 0 Å². The van der Waals surface area contributed by atoms with Gasteiger partial charge in [0.15, 0.2) is 0 Å². The summed E-state index contributed by atoms with van der Waals surface area (Å²) in [6.45, 7) is 7.05. The fourth-order valence-corrected chi connectivity index (χ4v) is 2.03. The van der Waals surface area contributed by atoms with E-state index in [0.717, 1.165) is 12.3 Å². The lowest BCUT2D eigenvalue weighted by Gasteiger charge is -2.32. The largest absolute Gasteiger partial charge is 0.477 e. The maximum Gasteiger partial charge on any atom is 0.341 e. The molecule has 24 heavy (non-hydrogen) atoms. The van der Waals surface area contributed by atoms with Crippen LogP contribution in [-0.4, -0.2) is 38.2 Å². The number of rotatable bonds is 5. The number of carboxylic acid groups (broad SMARTS) is 1. The zero-order valence-electron chi connectivity index (χ0n) is 13.5. The first-order chi connectivity index (χ1) is 10.9. The van der Waals surface area contributed by atoms with Gasteiger partial charge in [-0.3, -0.25) is 15.1 Å². The van der Waals surface area contributed by atoms with E-state index in [2.05, 4.69) is 4.98 Å². The molecular formula is C15H17F2IN2O4. The number of halogens is 3. The first-order valence-electron chi connectivity index (χ1n) is 6.84. The zero-order chi connectivity index (χ0) is 18.8. The number of Topliss-reactive ketones (excluding diaryl/α,β-unsaturated/α-hetero) is 1. The van der Waals surface area contributed by atoms with E-state index in [1.807, 2.05) is 20.8 Å². The van der Waals surface area contributed by atoms with Crippen molar-refractivity contribution in [2.24, 2.45) is 5.41 Å². The van der Waals surface area contributed by atoms with Crippen LogP contribution >= 0.6 is 22.6 Å². The van der Waals surface area contributed by atoms with E-state index in [-0.39, 0.29) is 3.57 Å². The Kier molecular flexibility index (Phi) is 6.39. The minimum Gasteiger partial charge on any atom is -0.477 e. The van der Waals surface area contributed by atoms with Crippen LogP contribution in [0.4, 0.5) is 8.78 Å². The number of carbonyl (C=O) groups excluding carboxylic acids is 1. The van der Waals surface area contributed by atoms with Crippen molar-refractivity contribution in [3.05, 3.63) is 38.9 Å². The highest BCUT2D eigenvalue weighted by Crippen LogP contribution is 2.24. The van der Waals surface area contributed by atoms with E-state index in [9.17, 15) is 28.7 Å². The van der Waals surface area contributed by atoms with Gasteiger partial charge in [-0.05, 0) is 41.0 Å². The second kappa shape index (κ2) is 7.51. The van der Waals surface area contributed by atoms with Crippen molar-refractivity contribution < 1.29 is 28.7 Å². The number of hydrogen-bond acceptors (Lipinski definition) is 5. The average molecular weight is 454 g/mol. The second-order valence-electron chi connectivity index (χ2n) is 6.20. The van der Waals surface area contributed by atoms with Gasteiger partial charge in [0.2, 0.25) is 17.7 Å². The van der Waals surface area contributed by atoms with Crippen LogP contribution in [0.3, 0.4) is 0 Å². The molecule has 0 aromatic carbocycles. The van der Waals surface area contributed by atoms with Gasteiger partial charge in [0.25, 0.3) is 0 Å². The molecule has 1 aromatic rings. The van der Waals surface area contributed by atoms with E-state index >= 15 is 0 Å². The van der Waals surface area contributed by atoms with Gasteiger partial charge in [-0.25, -0.2) is 4.79 Å². The predicted octanol–water partition coefficient (Wildman–Crippen LogP) is 3.24. The van der Waals surface area contributed by atoms with Crippen molar-refractivity contribution in [1.82, 2.24) is 10.0 Å². The Balaban J connectivity index is 3.31. The number of aliphatic carboxylic acids is 1. The van der Waals surface area contributed by atoms with Crippen molar-refractivity contribution >= 4 is 34.3 Å². The number of carbonyl (C=O) groups is 2. The molecule has 0 amide bonds. The monoisotopic (exact) mass is 454 g/mol. The maximum atomic E-state index is 13.7. The first kappa shape index (κ1) is 20.4. The molecule has 0 aliphatic heterocycles. The molecule has 1 unspecified atom stereocenters. The molecule has 1 heterocycles. The Morgan fingerprint density at radius 3 is 2.33 bits per heavy atom. The van der Waals surface area contributed by atoms with Gasteiger partial charge in [0.05, 0.1) is 15.2 Å². The number of carboxylic acids is 1. The third-order valence-electron chi connectivity index (χ3n) is 3.52. The smallest absolute Gasteiger partial charge is 0.341 e. The molecule has 0 fully saturated rings. The van der Waals surface area contributed by atoms with Gasteiger partial charge in [-0.2, -0.15) is 13.8 Å². The normalized spacial score (nSPS) is 13.6. The molecule has 0 bridgehead atoms. The van der Waals surface area contributed by atoms with Gasteiger partial charge in [0.1, 0.15) is 5.57 Å². The molecule has 9 heteroatoms. The van der Waals surface area contributed by atoms with Crippen LogP contribution in [-0.2, 0) is 4.79 Å². The standard InChI is InChI=1S/C15H17F2IN2O4/c1-7(15(2,3)4)20(24)6-9(14(22)23)11(21)8-5-10(18)13(17)19-12(8)16/h5-7,24H,1-4H3,(H,22,23)/b9-6-. The van der Waals surface area contributed by atoms with Crippen LogP contribution in [0.5, 0.6) is 0 Å². The third kappa shape index (κ3) is 4.69. The molecule has 132 valence electrons. The Hall–Kier alpha value is -1.62. The summed E-state index contributed by atoms with van der Waals surface area (Å²) < 4.78 is 26.8. The summed E-state index contributed by atoms with van der Waals surface area (Å²) in [5.41, 5.74) is -1.97. The molecule has 0 aliphatic rings. The highest BCUT2D eigenvalue weighted by molar-refractivity contribution is 14.1. The van der Waals surface area contributed by atoms with Crippen molar-refractivity contribution in [1.29, 1.82) is 0 Å². The topological polar surface area (TPSA) is 90.7 Å². The first-order valence-corrected chi connectivity index (χ1v) is 7.92. The summed E-state index contributed by atoms with van der Waals surface area (Å²) in [5, 5.41) is 19.8. The molecule has 0 saturated carbocycles. The number of nitrogens with zero attached hydrogens (tertiary/aromatic N) is 2. The molecule has 1 rings (SSSR count). The van der Waals surface area contributed by atoms with Gasteiger partial charge >= 0.3 is 5.97 Å². The average Bonchev–Trinajstić information content (AvgIpc) is 2.45. The number of pyridine rings is 1. The van der Waals surface area contributed by atoms with E-state index in [0.29, 0.717) is 5.06 Å². The molecule has 1 aromatic heterocycles. The van der Waals surface area contributed by atoms with Crippen molar-refractivity contribution in [3.63, 3.8) is 0 Å². The van der Waals surface area contributed by atoms with Crippen molar-refractivity contribution in [3.8, 4) is 0 Å². The lowest BCUT2D eigenvalue weighted by molar-refractivity contribution is -0.133. The molecule has 0 radical (unpaired) electrons. The van der Waals surface area contributed by atoms with E-state index in [1.54, 1.807) is 6.92 Å². The highest BCUT2D eigenvalue weighted by atomic mass is 127. The SMILES string of the molecule is CC(N(O)/C=C(\C(=O)O)C(=O)c1cc(I)c(F)nc1F)C(C)(C)C. The summed E-state index contributed by atoms with van der Waals surface area (Å²) >= 11 is 1.50. The summed E-state index contributed by atoms with van der Waals surface area (Å²) in [7, 11) is 0. The van der Waals surface area contributed by atoms with E-state index in [4.69, 9.17) is 0 Å². The fourth-order valence-electron chi connectivity index (χ4n) is 1.60. The molecule has 6 nitrogen and oxygen atoms in total. The van der Waals surface area contributed by atoms with Gasteiger partial charge in [0, 0.05) is 6.20 Å². The summed E-state index contributed by atoms with van der Waals surface area (Å²) in [5.74, 6) is -5.39. The molecule has 1 atom stereocenters. The molecular weight excluding hydrogens is 437 g/mol. The Morgan fingerprint density at radius 2 is 1.88 bits per heavy atom. The highest BCUT2D eigenvalue weighted by Gasteiger charge is 2.29. The van der Waals surface area contributed by atoms with Gasteiger partial charge in [-0.15, -0.1) is 0 Å². The van der Waals surface area contributed by atoms with E-state index in [1.165, 1.54) is 22.6 Å². The lowest BCUT2D eigenvalue weighted by atomic mass is 9.88. The Morgan fingerprint density at radius 1 is 1.33 bits per heavy atom. The summed E-state index contributed by atoms with van der Waals surface area (Å²) in [4.78, 5) is 26.6. The zero-order valence-corrected chi connectivity index (χ0v) is 15.6. The Labute approximate surface area is 151 Å². The Bertz CT molecular complexity index is 701. The van der Waals surface area contributed by atoms with Crippen LogP contribution in [0, 0.1) is 20.9 Å². The quantitative estimate of drug-likeness (QED) is 0.135. The van der Waals surface area contributed by atoms with Crippen LogP contribution in [0.25, 0.3) is 0 Å². The van der Waals surface area contributed by atoms with Gasteiger partial charge in [-0.1, -0.05) is 20.8 Å². The number of hydroxylamine groups is 2. The minimum absolute atomic E-state index is 0.133. The number of ketones is 1. The fraction of sp³-hybridized carbons (Fsp3) is 0.400. The van der Waals surface area contributed by atoms with Crippen molar-refractivity contribution in [2.45, 2.75) is 33.7 Å². The number of hydrogen-bond donors (Lipinski definition) is 2. The summed E-state index contributed by atoms with van der Waals surface area (Å²) in [6.07, 6.45) is 0.718. The minimum atomic E-state index is -1.65. The van der Waals surface area contributed by atoms with Crippen LogP contribution in [0.2, 0.25) is 0 Å². The molecule has 0 saturated heterocycles. The van der Waals surface area contributed by atoms with Crippen LogP contribution in [0.1, 0.15) is 38.1 Å². The van der Waals surface area contributed by atoms with E-state index < -0.39 is 46.2 Å². The van der Waals surface area contributed by atoms with Crippen LogP contribution < -0.4 is 0 Å². The second-order valence-corrected chi connectivity index (χ2v) is 7.36. The third-order valence-corrected chi connectivity index (χ3v) is 4.27. The molecule has 0 aliphatic carbocycles. The predicted molar refractivity (Wildman–Crippen MR) is 89.5 cm³/mol. The molecule has 2 N–H and O–H groups in total. The van der Waals surface area contributed by atoms with Gasteiger partial charge < -0.3 is 5.11 Å². The lowest BCUT2D eigenvalue weighted by Crippen LogP contribution is -2.37.